The van der Waals surface area contributed by atoms with E-state index in [0.717, 1.165) is 50.8 Å². The number of thiophene rings is 1. The van der Waals surface area contributed by atoms with E-state index in [-0.39, 0.29) is 0 Å². The van der Waals surface area contributed by atoms with E-state index >= 15 is 0 Å². The molecule has 7 heteroatoms. The standard InChI is InChI=1S/C17H28N6S/c1-4-16-22-21-13-23(16)9-8-19-17(18-5-2)20-12-14(3)11-15-7-6-10-24-15/h6-7,10,13-14H,4-5,8-9,11-12H2,1-3H3,(H2,18,19,20). The first-order valence-electron chi connectivity index (χ1n) is 8.64. The van der Waals surface area contributed by atoms with Crippen LogP contribution < -0.4 is 10.6 Å². The number of aliphatic imine (C=N–C) groups is 1. The van der Waals surface area contributed by atoms with Crippen molar-refractivity contribution >= 4 is 17.3 Å². The molecule has 0 aliphatic heterocycles. The van der Waals surface area contributed by atoms with Crippen LogP contribution in [0.1, 0.15) is 31.5 Å². The van der Waals surface area contributed by atoms with Gasteiger partial charge in [-0.1, -0.05) is 19.9 Å². The van der Waals surface area contributed by atoms with Gasteiger partial charge in [0.05, 0.1) is 0 Å². The summed E-state index contributed by atoms with van der Waals surface area (Å²) in [7, 11) is 0. The highest BCUT2D eigenvalue weighted by Gasteiger charge is 2.06. The molecule has 2 heterocycles. The van der Waals surface area contributed by atoms with E-state index in [9.17, 15) is 0 Å². The lowest BCUT2D eigenvalue weighted by atomic mass is 10.1. The Kier molecular flexibility index (Phi) is 7.74. The molecule has 0 saturated carbocycles. The van der Waals surface area contributed by atoms with Gasteiger partial charge in [0, 0.05) is 37.5 Å². The maximum atomic E-state index is 4.71. The predicted molar refractivity (Wildman–Crippen MR) is 101 cm³/mol. The lowest BCUT2D eigenvalue weighted by molar-refractivity contribution is 0.590. The van der Waals surface area contributed by atoms with Crippen LogP contribution in [0, 0.1) is 5.92 Å². The van der Waals surface area contributed by atoms with Gasteiger partial charge in [-0.25, -0.2) is 0 Å². The normalized spacial score (nSPS) is 13.0. The first kappa shape index (κ1) is 18.4. The van der Waals surface area contributed by atoms with Crippen LogP contribution in [0.5, 0.6) is 0 Å². The van der Waals surface area contributed by atoms with Crippen LogP contribution in [0.2, 0.25) is 0 Å². The first-order chi connectivity index (χ1) is 11.7. The van der Waals surface area contributed by atoms with E-state index in [4.69, 9.17) is 4.99 Å². The number of aromatic nitrogens is 3. The van der Waals surface area contributed by atoms with E-state index in [1.807, 2.05) is 11.3 Å². The van der Waals surface area contributed by atoms with Crippen LogP contribution in [0.15, 0.2) is 28.8 Å². The number of hydrogen-bond acceptors (Lipinski definition) is 4. The van der Waals surface area contributed by atoms with Crippen LogP contribution in [0.25, 0.3) is 0 Å². The molecule has 0 bridgehead atoms. The van der Waals surface area contributed by atoms with Crippen molar-refractivity contribution in [2.75, 3.05) is 19.6 Å². The molecule has 0 radical (unpaired) electrons. The zero-order valence-corrected chi connectivity index (χ0v) is 15.6. The second-order valence-electron chi connectivity index (χ2n) is 5.83. The Morgan fingerprint density at radius 2 is 2.25 bits per heavy atom. The predicted octanol–water partition coefficient (Wildman–Crippen LogP) is 2.34. The third kappa shape index (κ3) is 5.96. The summed E-state index contributed by atoms with van der Waals surface area (Å²) >= 11 is 1.82. The summed E-state index contributed by atoms with van der Waals surface area (Å²) in [6.07, 6.45) is 3.77. The number of rotatable bonds is 9. The molecular formula is C17H28N6S. The van der Waals surface area contributed by atoms with Gasteiger partial charge >= 0.3 is 0 Å². The zero-order valence-electron chi connectivity index (χ0n) is 14.8. The maximum Gasteiger partial charge on any atom is 0.191 e. The van der Waals surface area contributed by atoms with Crippen molar-refractivity contribution in [2.45, 2.75) is 40.2 Å². The van der Waals surface area contributed by atoms with Crippen molar-refractivity contribution in [2.24, 2.45) is 10.9 Å². The smallest absolute Gasteiger partial charge is 0.191 e. The van der Waals surface area contributed by atoms with E-state index in [1.165, 1.54) is 4.88 Å². The van der Waals surface area contributed by atoms with Crippen LogP contribution in [-0.4, -0.2) is 40.4 Å². The molecule has 1 atom stereocenters. The third-order valence-electron chi connectivity index (χ3n) is 3.69. The molecule has 1 unspecified atom stereocenters. The van der Waals surface area contributed by atoms with Gasteiger partial charge in [0.25, 0.3) is 0 Å². The van der Waals surface area contributed by atoms with Gasteiger partial charge in [-0.15, -0.1) is 21.5 Å². The maximum absolute atomic E-state index is 4.71. The summed E-state index contributed by atoms with van der Waals surface area (Å²) in [5.41, 5.74) is 0. The van der Waals surface area contributed by atoms with Gasteiger partial charge in [0.1, 0.15) is 12.2 Å². The molecule has 132 valence electrons. The number of aryl methyl sites for hydroxylation is 1. The topological polar surface area (TPSA) is 67.1 Å². The Morgan fingerprint density at radius 3 is 2.96 bits per heavy atom. The minimum atomic E-state index is 0.531. The van der Waals surface area contributed by atoms with Crippen LogP contribution in [0.3, 0.4) is 0 Å². The van der Waals surface area contributed by atoms with Crippen molar-refractivity contribution in [1.82, 2.24) is 25.4 Å². The Hall–Kier alpha value is -1.89. The summed E-state index contributed by atoms with van der Waals surface area (Å²) < 4.78 is 2.08. The summed E-state index contributed by atoms with van der Waals surface area (Å²) in [6, 6.07) is 4.30. The molecule has 0 spiro atoms. The largest absolute Gasteiger partial charge is 0.357 e. The van der Waals surface area contributed by atoms with Gasteiger partial charge in [0.2, 0.25) is 0 Å². The highest BCUT2D eigenvalue weighted by molar-refractivity contribution is 7.09. The fourth-order valence-electron chi connectivity index (χ4n) is 2.46. The molecule has 0 amide bonds. The minimum absolute atomic E-state index is 0.531. The fourth-order valence-corrected chi connectivity index (χ4v) is 3.33. The Bertz CT molecular complexity index is 604. The number of hydrogen-bond donors (Lipinski definition) is 2. The Balaban J connectivity index is 1.79. The van der Waals surface area contributed by atoms with E-state index < -0.39 is 0 Å². The fraction of sp³-hybridized carbons (Fsp3) is 0.588. The van der Waals surface area contributed by atoms with Crippen LogP contribution in [0.4, 0.5) is 0 Å². The molecular weight excluding hydrogens is 320 g/mol. The molecule has 6 nitrogen and oxygen atoms in total. The lowest BCUT2D eigenvalue weighted by Crippen LogP contribution is -2.39. The van der Waals surface area contributed by atoms with E-state index in [1.54, 1.807) is 6.33 Å². The van der Waals surface area contributed by atoms with Gasteiger partial charge < -0.3 is 15.2 Å². The average molecular weight is 349 g/mol. The van der Waals surface area contributed by atoms with Crippen LogP contribution >= 0.6 is 11.3 Å². The van der Waals surface area contributed by atoms with Crippen molar-refractivity contribution in [3.05, 3.63) is 34.5 Å². The molecule has 0 fully saturated rings. The quantitative estimate of drug-likeness (QED) is 0.539. The highest BCUT2D eigenvalue weighted by atomic mass is 32.1. The van der Waals surface area contributed by atoms with Gasteiger partial charge in [0.15, 0.2) is 5.96 Å². The molecule has 24 heavy (non-hydrogen) atoms. The number of nitrogens with zero attached hydrogens (tertiary/aromatic N) is 4. The van der Waals surface area contributed by atoms with Crippen molar-refractivity contribution < 1.29 is 0 Å². The van der Waals surface area contributed by atoms with E-state index in [2.05, 4.69) is 63.7 Å². The van der Waals surface area contributed by atoms with Crippen molar-refractivity contribution in [3.63, 3.8) is 0 Å². The second-order valence-corrected chi connectivity index (χ2v) is 6.86. The second kappa shape index (κ2) is 10.1. The van der Waals surface area contributed by atoms with Gasteiger partial charge in [-0.3, -0.25) is 4.99 Å². The van der Waals surface area contributed by atoms with Crippen molar-refractivity contribution in [1.29, 1.82) is 0 Å². The Morgan fingerprint density at radius 1 is 1.38 bits per heavy atom. The van der Waals surface area contributed by atoms with Gasteiger partial charge in [-0.05, 0) is 30.7 Å². The molecule has 0 aromatic carbocycles. The molecule has 2 aromatic rings. The summed E-state index contributed by atoms with van der Waals surface area (Å²) in [5.74, 6) is 2.42. The molecule has 2 aromatic heterocycles. The Labute approximate surface area is 148 Å². The molecule has 0 saturated heterocycles. The zero-order chi connectivity index (χ0) is 17.2. The SMILES string of the molecule is CCNC(=NCC(C)Cc1cccs1)NCCn1cnnc1CC. The summed E-state index contributed by atoms with van der Waals surface area (Å²) in [5, 5.41) is 16.9. The summed E-state index contributed by atoms with van der Waals surface area (Å²) in [4.78, 5) is 6.14. The minimum Gasteiger partial charge on any atom is -0.357 e. The average Bonchev–Trinajstić information content (AvgIpc) is 3.24. The number of nitrogens with one attached hydrogen (secondary N) is 2. The van der Waals surface area contributed by atoms with Crippen LogP contribution in [-0.2, 0) is 19.4 Å². The van der Waals surface area contributed by atoms with E-state index in [0.29, 0.717) is 5.92 Å². The molecule has 2 N–H and O–H groups in total. The highest BCUT2D eigenvalue weighted by Crippen LogP contribution is 2.14. The molecule has 2 rings (SSSR count). The molecule has 0 aliphatic rings. The number of guanidine groups is 1. The molecule has 0 aliphatic carbocycles. The third-order valence-corrected chi connectivity index (χ3v) is 4.59. The van der Waals surface area contributed by atoms with Gasteiger partial charge in [-0.2, -0.15) is 0 Å². The lowest BCUT2D eigenvalue weighted by Gasteiger charge is -2.14. The van der Waals surface area contributed by atoms with Crippen molar-refractivity contribution in [3.8, 4) is 0 Å². The monoisotopic (exact) mass is 348 g/mol. The summed E-state index contributed by atoms with van der Waals surface area (Å²) in [6.45, 7) is 9.74. The first-order valence-corrected chi connectivity index (χ1v) is 9.52.